The lowest BCUT2D eigenvalue weighted by Gasteiger charge is -2.31. The van der Waals surface area contributed by atoms with Crippen molar-refractivity contribution in [2.75, 3.05) is 19.7 Å². The van der Waals surface area contributed by atoms with Crippen LogP contribution in [-0.2, 0) is 9.59 Å². The van der Waals surface area contributed by atoms with Crippen molar-refractivity contribution >= 4 is 17.8 Å². The van der Waals surface area contributed by atoms with Crippen LogP contribution < -0.4 is 10.6 Å². The molecule has 2 atom stereocenters. The fourth-order valence-corrected chi connectivity index (χ4v) is 2.63. The highest BCUT2D eigenvalue weighted by Crippen LogP contribution is 2.23. The summed E-state index contributed by atoms with van der Waals surface area (Å²) in [5.41, 5.74) is 0. The summed E-state index contributed by atoms with van der Waals surface area (Å²) in [5.74, 6) is -0.668. The van der Waals surface area contributed by atoms with E-state index in [1.165, 1.54) is 0 Å². The van der Waals surface area contributed by atoms with Crippen molar-refractivity contribution in [1.82, 2.24) is 15.5 Å². The molecule has 2 rings (SSSR count). The summed E-state index contributed by atoms with van der Waals surface area (Å²) in [6.45, 7) is -0.248. The Kier molecular flexibility index (Phi) is 4.36. The number of amides is 4. The van der Waals surface area contributed by atoms with Crippen molar-refractivity contribution in [1.29, 1.82) is 0 Å². The summed E-state index contributed by atoms with van der Waals surface area (Å²) in [5, 5.41) is 14.4. The molecular weight excluding hydrogens is 250 g/mol. The van der Waals surface area contributed by atoms with Gasteiger partial charge in [-0.05, 0) is 12.8 Å². The van der Waals surface area contributed by atoms with Crippen molar-refractivity contribution in [3.05, 3.63) is 0 Å². The van der Waals surface area contributed by atoms with E-state index in [1.54, 1.807) is 0 Å². The number of nitrogens with zero attached hydrogens (tertiary/aromatic N) is 1. The number of imide groups is 1. The molecule has 3 N–H and O–H groups in total. The third kappa shape index (κ3) is 3.23. The average molecular weight is 269 g/mol. The first kappa shape index (κ1) is 13.8. The molecule has 0 aromatic heterocycles. The van der Waals surface area contributed by atoms with Gasteiger partial charge in [-0.1, -0.05) is 12.8 Å². The van der Waals surface area contributed by atoms with Crippen molar-refractivity contribution in [2.45, 2.75) is 31.7 Å². The van der Waals surface area contributed by atoms with Crippen molar-refractivity contribution in [2.24, 2.45) is 5.92 Å². The minimum absolute atomic E-state index is 0.0468. The van der Waals surface area contributed by atoms with Gasteiger partial charge in [0.05, 0.1) is 6.54 Å². The maximum absolute atomic E-state index is 11.9. The normalized spacial score (nSPS) is 27.3. The number of hydrogen-bond acceptors (Lipinski definition) is 4. The first-order chi connectivity index (χ1) is 9.11. The molecule has 19 heavy (non-hydrogen) atoms. The molecule has 7 nitrogen and oxygen atoms in total. The molecule has 0 aromatic carbocycles. The summed E-state index contributed by atoms with van der Waals surface area (Å²) < 4.78 is 0. The Hall–Kier alpha value is -1.63. The maximum Gasteiger partial charge on any atom is 0.325 e. The second-order valence-electron chi connectivity index (χ2n) is 5.04. The molecule has 0 aromatic rings. The Balaban J connectivity index is 1.86. The molecule has 1 aliphatic carbocycles. The second kappa shape index (κ2) is 6.01. The van der Waals surface area contributed by atoms with Gasteiger partial charge in [-0.15, -0.1) is 0 Å². The van der Waals surface area contributed by atoms with Gasteiger partial charge in [0.25, 0.3) is 5.91 Å². The summed E-state index contributed by atoms with van der Waals surface area (Å²) in [4.78, 5) is 35.4. The second-order valence-corrected chi connectivity index (χ2v) is 5.04. The number of aliphatic hydroxyl groups is 1. The van der Waals surface area contributed by atoms with E-state index in [1.807, 2.05) is 0 Å². The molecule has 2 aliphatic rings. The van der Waals surface area contributed by atoms with Gasteiger partial charge < -0.3 is 15.7 Å². The van der Waals surface area contributed by atoms with Crippen molar-refractivity contribution in [3.8, 4) is 0 Å². The van der Waals surface area contributed by atoms with E-state index in [0.29, 0.717) is 0 Å². The highest BCUT2D eigenvalue weighted by molar-refractivity contribution is 6.04. The third-order valence-electron chi connectivity index (χ3n) is 3.73. The lowest BCUT2D eigenvalue weighted by Crippen LogP contribution is -2.48. The minimum Gasteiger partial charge on any atom is -0.396 e. The number of carbonyl (C=O) groups excluding carboxylic acids is 3. The smallest absolute Gasteiger partial charge is 0.325 e. The van der Waals surface area contributed by atoms with Gasteiger partial charge in [0.15, 0.2) is 0 Å². The molecule has 1 heterocycles. The lowest BCUT2D eigenvalue weighted by atomic mass is 9.85. The number of nitrogens with one attached hydrogen (secondary N) is 2. The standard InChI is InChI=1S/C12H19N3O4/c16-7-8-3-1-2-4-9(8)14-10(17)6-15-11(18)5-13-12(15)19/h8-9,16H,1-7H2,(H,13,19)(H,14,17). The highest BCUT2D eigenvalue weighted by Gasteiger charge is 2.32. The predicted octanol–water partition coefficient (Wildman–Crippen LogP) is -0.794. The monoisotopic (exact) mass is 269 g/mol. The fourth-order valence-electron chi connectivity index (χ4n) is 2.63. The van der Waals surface area contributed by atoms with Crippen LogP contribution in [-0.4, -0.2) is 53.6 Å². The first-order valence-electron chi connectivity index (χ1n) is 6.60. The maximum atomic E-state index is 11.9. The first-order valence-corrected chi connectivity index (χ1v) is 6.60. The molecule has 2 fully saturated rings. The molecule has 1 aliphatic heterocycles. The van der Waals surface area contributed by atoms with E-state index in [2.05, 4.69) is 10.6 Å². The van der Waals surface area contributed by atoms with Gasteiger partial charge >= 0.3 is 6.03 Å². The Morgan fingerprint density at radius 1 is 1.37 bits per heavy atom. The Bertz CT molecular complexity index is 369. The van der Waals surface area contributed by atoms with Crippen LogP contribution in [0.3, 0.4) is 0 Å². The molecule has 0 radical (unpaired) electrons. The summed E-state index contributed by atoms with van der Waals surface area (Å²) in [6.07, 6.45) is 3.80. The van der Waals surface area contributed by atoms with Crippen LogP contribution in [0.2, 0.25) is 0 Å². The zero-order valence-electron chi connectivity index (χ0n) is 10.7. The van der Waals surface area contributed by atoms with Gasteiger partial charge in [0, 0.05) is 18.6 Å². The van der Waals surface area contributed by atoms with Gasteiger partial charge in [-0.2, -0.15) is 0 Å². The quantitative estimate of drug-likeness (QED) is 0.582. The number of carbonyl (C=O) groups is 3. The largest absolute Gasteiger partial charge is 0.396 e. The van der Waals surface area contributed by atoms with Gasteiger partial charge in [0.1, 0.15) is 6.54 Å². The average Bonchev–Trinajstić information content (AvgIpc) is 2.71. The predicted molar refractivity (Wildman–Crippen MR) is 66.1 cm³/mol. The summed E-state index contributed by atoms with van der Waals surface area (Å²) >= 11 is 0. The van der Waals surface area contributed by atoms with Crippen LogP contribution in [0.5, 0.6) is 0 Å². The molecular formula is C12H19N3O4. The molecule has 1 saturated carbocycles. The van der Waals surface area contributed by atoms with Gasteiger partial charge in [-0.3, -0.25) is 14.5 Å². The molecule has 2 unspecified atom stereocenters. The Morgan fingerprint density at radius 3 is 2.74 bits per heavy atom. The Morgan fingerprint density at radius 2 is 2.11 bits per heavy atom. The lowest BCUT2D eigenvalue weighted by molar-refractivity contribution is -0.131. The molecule has 1 saturated heterocycles. The van der Waals surface area contributed by atoms with Crippen LogP contribution in [0.25, 0.3) is 0 Å². The van der Waals surface area contributed by atoms with E-state index in [4.69, 9.17) is 0 Å². The third-order valence-corrected chi connectivity index (χ3v) is 3.73. The number of hydrogen-bond donors (Lipinski definition) is 3. The van der Waals surface area contributed by atoms with E-state index in [9.17, 15) is 19.5 Å². The number of rotatable bonds is 4. The van der Waals surface area contributed by atoms with Crippen molar-refractivity contribution in [3.63, 3.8) is 0 Å². The summed E-state index contributed by atoms with van der Waals surface area (Å²) in [7, 11) is 0. The fraction of sp³-hybridized carbons (Fsp3) is 0.750. The Labute approximate surface area is 111 Å². The zero-order chi connectivity index (χ0) is 13.8. The highest BCUT2D eigenvalue weighted by atomic mass is 16.3. The van der Waals surface area contributed by atoms with E-state index >= 15 is 0 Å². The van der Waals surface area contributed by atoms with Crippen LogP contribution in [0.4, 0.5) is 4.79 Å². The van der Waals surface area contributed by atoms with Crippen molar-refractivity contribution < 1.29 is 19.5 Å². The van der Waals surface area contributed by atoms with Crippen LogP contribution in [0.15, 0.2) is 0 Å². The number of aliphatic hydroxyl groups excluding tert-OH is 1. The molecule has 7 heteroatoms. The van der Waals surface area contributed by atoms with Crippen LogP contribution in [0, 0.1) is 5.92 Å². The molecule has 4 amide bonds. The van der Waals surface area contributed by atoms with Gasteiger partial charge in [0.2, 0.25) is 5.91 Å². The summed E-state index contributed by atoms with van der Waals surface area (Å²) in [6, 6.07) is -0.588. The van der Waals surface area contributed by atoms with E-state index < -0.39 is 6.03 Å². The van der Waals surface area contributed by atoms with E-state index in [-0.39, 0.29) is 43.5 Å². The minimum atomic E-state index is -0.525. The zero-order valence-corrected chi connectivity index (χ0v) is 10.7. The van der Waals surface area contributed by atoms with Crippen LogP contribution >= 0.6 is 0 Å². The SMILES string of the molecule is O=C(CN1C(=O)CNC1=O)NC1CCCCC1CO. The number of urea groups is 1. The molecule has 0 bridgehead atoms. The van der Waals surface area contributed by atoms with E-state index in [0.717, 1.165) is 30.6 Å². The van der Waals surface area contributed by atoms with Crippen LogP contribution in [0.1, 0.15) is 25.7 Å². The molecule has 0 spiro atoms. The van der Waals surface area contributed by atoms with Gasteiger partial charge in [-0.25, -0.2) is 4.79 Å². The molecule has 106 valence electrons. The topological polar surface area (TPSA) is 98.7 Å².